The second kappa shape index (κ2) is 21.1. The molecule has 5 heterocycles. The van der Waals surface area contributed by atoms with Gasteiger partial charge in [0.15, 0.2) is 9.84 Å². The molecule has 23 heteroatoms. The van der Waals surface area contributed by atoms with Gasteiger partial charge in [-0.05, 0) is 87.1 Å². The van der Waals surface area contributed by atoms with Crippen LogP contribution >= 0.6 is 11.8 Å². The van der Waals surface area contributed by atoms with Crippen molar-refractivity contribution in [2.24, 2.45) is 17.3 Å². The fourth-order valence-electron chi connectivity index (χ4n) is 12.0. The van der Waals surface area contributed by atoms with Crippen LogP contribution in [0.25, 0.3) is 0 Å². The second-order valence-electron chi connectivity index (χ2n) is 20.6. The second-order valence-corrected chi connectivity index (χ2v) is 26.0. The summed E-state index contributed by atoms with van der Waals surface area (Å²) >= 11 is 1.57. The van der Waals surface area contributed by atoms with Crippen molar-refractivity contribution in [1.29, 1.82) is 0 Å². The number of anilines is 1. The summed E-state index contributed by atoms with van der Waals surface area (Å²) in [5.41, 5.74) is 1.52. The van der Waals surface area contributed by atoms with Crippen molar-refractivity contribution in [1.82, 2.24) is 41.1 Å². The summed E-state index contributed by atoms with van der Waals surface area (Å²) in [4.78, 5) is 91.6. The lowest BCUT2D eigenvalue weighted by atomic mass is 9.58. The SMILES string of the molecule is CS(=O)(=O)N1CCC(C(=O)NCC(=O)NC2NC(c3cccc(C4(C5CCCCC5)CCNC(C5(C(=O)NCCS(=O)(=O)CCNc6cccc7c6C(=O)N(C6CCC(=O)NC6=O)C7=O)CC5)C4)c3)CS2)C1. The zero-order chi connectivity index (χ0) is 51.0. The summed E-state index contributed by atoms with van der Waals surface area (Å²) in [6.45, 7) is 0.777. The summed E-state index contributed by atoms with van der Waals surface area (Å²) in [5, 5.41) is 21.0. The highest BCUT2D eigenvalue weighted by molar-refractivity contribution is 8.00. The van der Waals surface area contributed by atoms with Gasteiger partial charge in [-0.15, -0.1) is 11.8 Å². The first-order chi connectivity index (χ1) is 34.4. The number of benzene rings is 2. The topological polar surface area (TPSA) is 278 Å². The minimum absolute atomic E-state index is 0.0110. The van der Waals surface area contributed by atoms with E-state index < -0.39 is 60.9 Å². The largest absolute Gasteiger partial charge is 0.383 e. The molecule has 2 aromatic carbocycles. The first kappa shape index (κ1) is 51.9. The Morgan fingerprint density at radius 1 is 0.875 bits per heavy atom. The van der Waals surface area contributed by atoms with Crippen LogP contribution in [0.1, 0.15) is 115 Å². The average Bonchev–Trinajstić information content (AvgIpc) is 3.63. The number of hydrogen-bond donors (Lipinski definition) is 7. The van der Waals surface area contributed by atoms with Crippen LogP contribution in [0.5, 0.6) is 0 Å². The maximum Gasteiger partial charge on any atom is 0.264 e. The van der Waals surface area contributed by atoms with Crippen LogP contribution in [-0.4, -0.2) is 148 Å². The maximum atomic E-state index is 14.1. The number of sulfone groups is 1. The van der Waals surface area contributed by atoms with E-state index in [1.54, 1.807) is 23.9 Å². The minimum atomic E-state index is -3.68. The van der Waals surface area contributed by atoms with Gasteiger partial charge in [0.1, 0.15) is 11.5 Å². The molecule has 6 atom stereocenters. The number of imide groups is 2. The van der Waals surface area contributed by atoms with Crippen molar-refractivity contribution in [3.63, 3.8) is 0 Å². The molecule has 5 aliphatic heterocycles. The number of hydrogen-bond acceptors (Lipinski definition) is 15. The van der Waals surface area contributed by atoms with Crippen molar-refractivity contribution < 1.29 is 50.4 Å². The van der Waals surface area contributed by atoms with Crippen molar-refractivity contribution >= 4 is 78.7 Å². The van der Waals surface area contributed by atoms with Crippen molar-refractivity contribution in [2.75, 3.05) is 68.1 Å². The fraction of sp³-hybridized carbons (Fsp3) is 0.612. The summed E-state index contributed by atoms with van der Waals surface area (Å²) in [7, 11) is -7.07. The third-order valence-electron chi connectivity index (χ3n) is 16.1. The fourth-order valence-corrected chi connectivity index (χ4v) is 15.0. The molecule has 7 amide bonds. The van der Waals surface area contributed by atoms with Crippen molar-refractivity contribution in [2.45, 2.75) is 106 Å². The zero-order valence-corrected chi connectivity index (χ0v) is 42.9. The minimum Gasteiger partial charge on any atom is -0.383 e. The molecule has 7 aliphatic rings. The molecular weight excluding hydrogens is 987 g/mol. The molecule has 2 aliphatic carbocycles. The molecule has 0 aromatic heterocycles. The Morgan fingerprint density at radius 2 is 1.64 bits per heavy atom. The molecule has 0 spiro atoms. The zero-order valence-electron chi connectivity index (χ0n) is 40.5. The van der Waals surface area contributed by atoms with E-state index in [0.717, 1.165) is 61.8 Å². The Kier molecular flexibility index (Phi) is 15.2. The van der Waals surface area contributed by atoms with E-state index in [4.69, 9.17) is 0 Å². The Bertz CT molecular complexity index is 2730. The number of fused-ring (bicyclic) bond motifs is 1. The van der Waals surface area contributed by atoms with Crippen LogP contribution in [0.2, 0.25) is 0 Å². The number of nitrogens with one attached hydrogen (secondary N) is 7. The van der Waals surface area contributed by atoms with Gasteiger partial charge in [-0.3, -0.25) is 49.1 Å². The first-order valence-corrected chi connectivity index (χ1v) is 29.9. The molecule has 0 bridgehead atoms. The lowest BCUT2D eigenvalue weighted by Crippen LogP contribution is -2.56. The van der Waals surface area contributed by atoms with Crippen LogP contribution in [0, 0.1) is 17.3 Å². The van der Waals surface area contributed by atoms with Gasteiger partial charge in [-0.25, -0.2) is 21.1 Å². The summed E-state index contributed by atoms with van der Waals surface area (Å²) in [6, 6.07) is 12.1. The lowest BCUT2D eigenvalue weighted by Gasteiger charge is -2.50. The number of nitrogens with zero attached hydrogens (tertiary/aromatic N) is 2. The summed E-state index contributed by atoms with van der Waals surface area (Å²) in [6.07, 6.45) is 10.3. The third kappa shape index (κ3) is 11.0. The van der Waals surface area contributed by atoms with Crippen molar-refractivity contribution in [3.8, 4) is 0 Å². The number of amides is 7. The standard InChI is InChI=1S/C49H65N9O11S3/c1-71(66,67)57-22-15-31(28-57)42(61)53-27-40(60)56-47-54-36(29-70-47)30-7-5-10-33(25-30)49(32-8-3-2-4-9-32)18-19-51-38(26-49)48(16-17-48)46(65)52-21-24-72(68,69)23-20-50-35-12-6-11-34-41(35)45(64)58(44(34)63)37-13-14-39(59)55-43(37)62/h5-7,10-12,25,31-32,36-38,47,50-51,54H,2-4,8-9,13-24,26-29H2,1H3,(H,52,65)(H,53,61)(H,56,60)(H,55,59,62). The van der Waals surface area contributed by atoms with E-state index in [1.807, 2.05) is 0 Å². The predicted molar refractivity (Wildman–Crippen MR) is 268 cm³/mol. The Balaban J connectivity index is 0.782. The number of piperidine rings is 2. The highest BCUT2D eigenvalue weighted by atomic mass is 32.2. The van der Waals surface area contributed by atoms with Crippen LogP contribution in [-0.2, 0) is 49.2 Å². The van der Waals surface area contributed by atoms with E-state index >= 15 is 0 Å². The number of sulfonamides is 1. The van der Waals surface area contributed by atoms with Gasteiger partial charge in [0.2, 0.25) is 39.6 Å². The normalized spacial score (nSPS) is 27.8. The highest BCUT2D eigenvalue weighted by Gasteiger charge is 2.59. The summed E-state index contributed by atoms with van der Waals surface area (Å²) < 4.78 is 51.7. The molecule has 6 unspecified atom stereocenters. The van der Waals surface area contributed by atoms with E-state index in [1.165, 1.54) is 22.4 Å². The van der Waals surface area contributed by atoms with E-state index in [0.29, 0.717) is 30.9 Å². The Hall–Kier alpha value is -4.94. The molecule has 0 radical (unpaired) electrons. The van der Waals surface area contributed by atoms with Gasteiger partial charge in [0.25, 0.3) is 11.8 Å². The quantitative estimate of drug-likeness (QED) is 0.104. The smallest absolute Gasteiger partial charge is 0.264 e. The maximum absolute atomic E-state index is 14.1. The number of carbonyl (C=O) groups excluding carboxylic acids is 7. The van der Waals surface area contributed by atoms with E-state index in [2.05, 4.69) is 61.5 Å². The molecule has 72 heavy (non-hydrogen) atoms. The molecule has 6 fully saturated rings. The summed E-state index contributed by atoms with van der Waals surface area (Å²) in [5.74, 6) is -3.34. The first-order valence-electron chi connectivity index (χ1n) is 25.2. The van der Waals surface area contributed by atoms with Crippen LogP contribution in [0.15, 0.2) is 42.5 Å². The predicted octanol–water partition coefficient (Wildman–Crippen LogP) is 1.26. The van der Waals surface area contributed by atoms with Gasteiger partial charge in [-0.1, -0.05) is 49.6 Å². The molecule has 7 N–H and O–H groups in total. The number of carbonyl (C=O) groups is 7. The van der Waals surface area contributed by atoms with Crippen LogP contribution < -0.4 is 37.2 Å². The number of rotatable bonds is 18. The third-order valence-corrected chi connectivity index (χ3v) is 20.1. The Morgan fingerprint density at radius 3 is 2.38 bits per heavy atom. The van der Waals surface area contributed by atoms with Crippen molar-refractivity contribution in [3.05, 3.63) is 64.7 Å². The molecule has 2 saturated carbocycles. The molecule has 2 aromatic rings. The van der Waals surface area contributed by atoms with Gasteiger partial charge in [-0.2, -0.15) is 0 Å². The lowest BCUT2D eigenvalue weighted by molar-refractivity contribution is -0.136. The van der Waals surface area contributed by atoms with Gasteiger partial charge >= 0.3 is 0 Å². The molecule has 390 valence electrons. The average molecular weight is 1050 g/mol. The molecule has 9 rings (SSSR count). The van der Waals surface area contributed by atoms with Crippen LogP contribution in [0.4, 0.5) is 5.69 Å². The molecular formula is C49H65N9O11S3. The molecule has 4 saturated heterocycles. The van der Waals surface area contributed by atoms with Crippen LogP contribution in [0.3, 0.4) is 0 Å². The Labute approximate surface area is 424 Å². The molecule has 20 nitrogen and oxygen atoms in total. The van der Waals surface area contributed by atoms with E-state index in [9.17, 15) is 50.4 Å². The number of thioether (sulfide) groups is 1. The monoisotopic (exact) mass is 1050 g/mol. The van der Waals surface area contributed by atoms with Gasteiger partial charge in [0, 0.05) is 61.5 Å². The van der Waals surface area contributed by atoms with Gasteiger partial charge < -0.3 is 26.6 Å². The highest BCUT2D eigenvalue weighted by Crippen LogP contribution is 2.56. The van der Waals surface area contributed by atoms with Gasteiger partial charge in [0.05, 0.1) is 46.8 Å². The van der Waals surface area contributed by atoms with E-state index in [-0.39, 0.29) is 115 Å².